The number of hydrogen-bond donors (Lipinski definition) is 1. The summed E-state index contributed by atoms with van der Waals surface area (Å²) in [6.07, 6.45) is 2.19. The summed E-state index contributed by atoms with van der Waals surface area (Å²) in [7, 11) is 0. The Morgan fingerprint density at radius 1 is 1.78 bits per heavy atom. The highest BCUT2D eigenvalue weighted by Crippen LogP contribution is 2.00. The number of carbonyl (C=O) groups excluding carboxylic acids is 1. The van der Waals surface area contributed by atoms with Crippen molar-refractivity contribution in [3.63, 3.8) is 0 Å². The Morgan fingerprint density at radius 2 is 2.33 bits per heavy atom. The molecule has 0 aliphatic carbocycles. The molecule has 0 saturated heterocycles. The Hall–Kier alpha value is -0.830. The Bertz CT molecular complexity index is 126. The van der Waals surface area contributed by atoms with Crippen LogP contribution in [0.4, 0.5) is 0 Å². The van der Waals surface area contributed by atoms with E-state index in [9.17, 15) is 4.79 Å². The van der Waals surface area contributed by atoms with E-state index in [1.807, 2.05) is 6.92 Å². The van der Waals surface area contributed by atoms with Crippen molar-refractivity contribution >= 4 is 5.97 Å². The zero-order chi connectivity index (χ0) is 7.28. The van der Waals surface area contributed by atoms with Crippen molar-refractivity contribution in [1.29, 1.82) is 0 Å². The Labute approximate surface area is 53.9 Å². The van der Waals surface area contributed by atoms with E-state index in [1.165, 1.54) is 0 Å². The largest absolute Gasteiger partial charge is 0.368 e. The first-order valence-electron chi connectivity index (χ1n) is 2.77. The standard InChI is InChI=1S/C6H10O3/c1-3-5(4-2)6(7)9-8/h3,8H,4H2,1-2H3. The van der Waals surface area contributed by atoms with Gasteiger partial charge in [-0.15, -0.1) is 0 Å². The fraction of sp³-hybridized carbons (Fsp3) is 0.500. The molecular weight excluding hydrogens is 120 g/mol. The maximum atomic E-state index is 10.4. The minimum absolute atomic E-state index is 0.484. The van der Waals surface area contributed by atoms with Gasteiger partial charge in [0.1, 0.15) is 0 Å². The van der Waals surface area contributed by atoms with Crippen LogP contribution in [-0.2, 0) is 9.68 Å². The molecule has 0 aliphatic rings. The van der Waals surface area contributed by atoms with Crippen LogP contribution in [0, 0.1) is 0 Å². The van der Waals surface area contributed by atoms with Gasteiger partial charge < -0.3 is 0 Å². The third-order valence-electron chi connectivity index (χ3n) is 1.07. The predicted molar refractivity (Wildman–Crippen MR) is 32.8 cm³/mol. The van der Waals surface area contributed by atoms with Crippen molar-refractivity contribution in [1.82, 2.24) is 0 Å². The van der Waals surface area contributed by atoms with Crippen LogP contribution in [0.1, 0.15) is 20.3 Å². The molecule has 3 heteroatoms. The summed E-state index contributed by atoms with van der Waals surface area (Å²) in [5, 5.41) is 7.88. The summed E-state index contributed by atoms with van der Waals surface area (Å²) in [4.78, 5) is 13.9. The van der Waals surface area contributed by atoms with Gasteiger partial charge in [-0.2, -0.15) is 5.26 Å². The Balaban J connectivity index is 3.97. The topological polar surface area (TPSA) is 46.5 Å². The lowest BCUT2D eigenvalue weighted by Crippen LogP contribution is -2.03. The van der Waals surface area contributed by atoms with Crippen molar-refractivity contribution in [2.24, 2.45) is 0 Å². The second-order valence-corrected chi connectivity index (χ2v) is 1.55. The molecule has 0 aromatic rings. The molecule has 0 fully saturated rings. The molecule has 0 saturated carbocycles. The molecule has 0 atom stereocenters. The monoisotopic (exact) mass is 130 g/mol. The van der Waals surface area contributed by atoms with Gasteiger partial charge in [-0.25, -0.2) is 4.79 Å². The summed E-state index contributed by atoms with van der Waals surface area (Å²) in [6.45, 7) is 3.53. The van der Waals surface area contributed by atoms with Gasteiger partial charge in [0, 0.05) is 5.57 Å². The molecule has 0 aromatic heterocycles. The van der Waals surface area contributed by atoms with Crippen LogP contribution >= 0.6 is 0 Å². The zero-order valence-electron chi connectivity index (χ0n) is 5.55. The summed E-state index contributed by atoms with van der Waals surface area (Å²) in [5.74, 6) is -0.667. The van der Waals surface area contributed by atoms with E-state index in [4.69, 9.17) is 5.26 Å². The van der Waals surface area contributed by atoms with E-state index in [2.05, 4.69) is 4.89 Å². The minimum Gasteiger partial charge on any atom is -0.296 e. The number of hydrogen-bond acceptors (Lipinski definition) is 3. The molecular formula is C6H10O3. The van der Waals surface area contributed by atoms with E-state index in [0.717, 1.165) is 0 Å². The molecule has 1 N–H and O–H groups in total. The number of carbonyl (C=O) groups is 1. The molecule has 9 heavy (non-hydrogen) atoms. The van der Waals surface area contributed by atoms with E-state index in [0.29, 0.717) is 12.0 Å². The van der Waals surface area contributed by atoms with Crippen LogP contribution in [-0.4, -0.2) is 11.2 Å². The van der Waals surface area contributed by atoms with Gasteiger partial charge in [0.25, 0.3) is 0 Å². The average molecular weight is 130 g/mol. The molecule has 3 nitrogen and oxygen atoms in total. The smallest absolute Gasteiger partial charge is 0.296 e. The van der Waals surface area contributed by atoms with Gasteiger partial charge in [-0.05, 0) is 13.3 Å². The molecule has 52 valence electrons. The lowest BCUT2D eigenvalue weighted by atomic mass is 10.2. The van der Waals surface area contributed by atoms with Crippen LogP contribution in [0.3, 0.4) is 0 Å². The summed E-state index contributed by atoms with van der Waals surface area (Å²) < 4.78 is 0. The molecule has 0 heterocycles. The second-order valence-electron chi connectivity index (χ2n) is 1.55. The molecule has 0 amide bonds. The van der Waals surface area contributed by atoms with E-state index < -0.39 is 5.97 Å². The third-order valence-corrected chi connectivity index (χ3v) is 1.07. The fourth-order valence-corrected chi connectivity index (χ4v) is 0.525. The molecule has 0 aromatic carbocycles. The highest BCUT2D eigenvalue weighted by Gasteiger charge is 2.05. The molecule has 0 aliphatic heterocycles. The highest BCUT2D eigenvalue weighted by molar-refractivity contribution is 5.87. The average Bonchev–Trinajstić information content (AvgIpc) is 1.90. The van der Waals surface area contributed by atoms with Gasteiger partial charge >= 0.3 is 5.97 Å². The van der Waals surface area contributed by atoms with E-state index >= 15 is 0 Å². The van der Waals surface area contributed by atoms with Crippen molar-refractivity contribution in [2.75, 3.05) is 0 Å². The van der Waals surface area contributed by atoms with Crippen LogP contribution in [0.15, 0.2) is 11.6 Å². The van der Waals surface area contributed by atoms with E-state index in [1.54, 1.807) is 13.0 Å². The highest BCUT2D eigenvalue weighted by atomic mass is 17.1. The second kappa shape index (κ2) is 4.09. The minimum atomic E-state index is -0.667. The van der Waals surface area contributed by atoms with E-state index in [-0.39, 0.29) is 0 Å². The first-order valence-corrected chi connectivity index (χ1v) is 2.77. The maximum absolute atomic E-state index is 10.4. The van der Waals surface area contributed by atoms with Crippen LogP contribution in [0.5, 0.6) is 0 Å². The first kappa shape index (κ1) is 8.17. The van der Waals surface area contributed by atoms with Gasteiger partial charge in [0.2, 0.25) is 0 Å². The lowest BCUT2D eigenvalue weighted by molar-refractivity contribution is -0.229. The van der Waals surface area contributed by atoms with Crippen LogP contribution in [0.2, 0.25) is 0 Å². The maximum Gasteiger partial charge on any atom is 0.368 e. The summed E-state index contributed by atoms with van der Waals surface area (Å²) in [6, 6.07) is 0. The molecule has 0 unspecified atom stereocenters. The van der Waals surface area contributed by atoms with Crippen molar-refractivity contribution in [2.45, 2.75) is 20.3 Å². The Morgan fingerprint density at radius 3 is 2.44 bits per heavy atom. The van der Waals surface area contributed by atoms with Crippen LogP contribution < -0.4 is 0 Å². The predicted octanol–water partition coefficient (Wildman–Crippen LogP) is 1.36. The SMILES string of the molecule is CC=C(CC)C(=O)OO. The molecule has 0 rings (SSSR count). The number of rotatable bonds is 2. The van der Waals surface area contributed by atoms with Crippen molar-refractivity contribution < 1.29 is 14.9 Å². The molecule has 0 spiro atoms. The van der Waals surface area contributed by atoms with Gasteiger partial charge in [-0.1, -0.05) is 13.0 Å². The molecule has 0 radical (unpaired) electrons. The van der Waals surface area contributed by atoms with Crippen molar-refractivity contribution in [3.8, 4) is 0 Å². The van der Waals surface area contributed by atoms with Gasteiger partial charge in [0.05, 0.1) is 0 Å². The third kappa shape index (κ3) is 2.28. The zero-order valence-corrected chi connectivity index (χ0v) is 5.55. The fourth-order valence-electron chi connectivity index (χ4n) is 0.525. The lowest BCUT2D eigenvalue weighted by Gasteiger charge is -1.95. The summed E-state index contributed by atoms with van der Waals surface area (Å²) >= 11 is 0. The van der Waals surface area contributed by atoms with Gasteiger partial charge in [0.15, 0.2) is 0 Å². The number of allylic oxidation sites excluding steroid dienone is 1. The van der Waals surface area contributed by atoms with Crippen LogP contribution in [0.25, 0.3) is 0 Å². The Kier molecular flexibility index (Phi) is 3.71. The normalized spacial score (nSPS) is 11.2. The summed E-state index contributed by atoms with van der Waals surface area (Å²) in [5.41, 5.74) is 0.484. The quantitative estimate of drug-likeness (QED) is 0.348. The van der Waals surface area contributed by atoms with Gasteiger partial charge in [-0.3, -0.25) is 4.89 Å². The molecule has 0 bridgehead atoms. The van der Waals surface area contributed by atoms with Crippen molar-refractivity contribution in [3.05, 3.63) is 11.6 Å². The first-order chi connectivity index (χ1) is 4.26.